The number of hydrogen-bond donors (Lipinski definition) is 0. The van der Waals surface area contributed by atoms with Crippen LogP contribution in [0.2, 0.25) is 0 Å². The van der Waals surface area contributed by atoms with Crippen LogP contribution in [0.15, 0.2) is 229 Å². The van der Waals surface area contributed by atoms with E-state index in [2.05, 4.69) is 229 Å². The third kappa shape index (κ3) is 5.82. The molecule has 272 valence electrons. The second-order valence-corrected chi connectivity index (χ2v) is 14.9. The zero-order valence-electron chi connectivity index (χ0n) is 31.7. The SMILES string of the molecule is c1ccc(-c2cccc(-c3ccc(N(c4cccc(-c5cccc6ccccc56)c4)c4ccc(-c5cccc6ccccc56)c5oc6ccccc6c45)cc3)c2)cc1. The maximum absolute atomic E-state index is 6.89. The minimum absolute atomic E-state index is 0.865. The van der Waals surface area contributed by atoms with Crippen molar-refractivity contribution in [1.29, 1.82) is 0 Å². The standard InChI is InChI=1S/C56H37NO/c1-2-14-38(15-3-1)42-20-10-21-43(36-42)39-30-32-45(33-31-39)57(46-23-11-22-44(37-46)49-27-12-18-40-16-4-6-24-47(40)49)53-35-34-51(50-28-13-19-41-17-5-7-25-48(41)50)56-55(53)52-26-8-9-29-54(52)58-56/h1-37H. The predicted molar refractivity (Wildman–Crippen MR) is 245 cm³/mol. The van der Waals surface area contributed by atoms with Crippen LogP contribution in [0.3, 0.4) is 0 Å². The van der Waals surface area contributed by atoms with Gasteiger partial charge in [-0.15, -0.1) is 0 Å². The Labute approximate surface area is 337 Å². The normalized spacial score (nSPS) is 11.4. The molecule has 0 aliphatic carbocycles. The van der Waals surface area contributed by atoms with Gasteiger partial charge in [0.25, 0.3) is 0 Å². The summed E-state index contributed by atoms with van der Waals surface area (Å²) in [5.41, 5.74) is 14.3. The second kappa shape index (κ2) is 14.1. The lowest BCUT2D eigenvalue weighted by Gasteiger charge is -2.27. The van der Waals surface area contributed by atoms with E-state index in [1.807, 2.05) is 0 Å². The zero-order chi connectivity index (χ0) is 38.4. The van der Waals surface area contributed by atoms with Crippen LogP contribution in [-0.2, 0) is 0 Å². The Morgan fingerprint density at radius 1 is 0.310 bits per heavy atom. The number of rotatable bonds is 7. The predicted octanol–water partition coefficient (Wildman–Crippen LogP) is 16.0. The summed E-state index contributed by atoms with van der Waals surface area (Å²) in [5, 5.41) is 7.03. The maximum Gasteiger partial charge on any atom is 0.145 e. The van der Waals surface area contributed by atoms with Gasteiger partial charge in [-0.3, -0.25) is 0 Å². The van der Waals surface area contributed by atoms with E-state index in [9.17, 15) is 0 Å². The van der Waals surface area contributed by atoms with Crippen LogP contribution in [0.5, 0.6) is 0 Å². The lowest BCUT2D eigenvalue weighted by Crippen LogP contribution is -2.10. The van der Waals surface area contributed by atoms with Crippen molar-refractivity contribution in [3.05, 3.63) is 224 Å². The van der Waals surface area contributed by atoms with Gasteiger partial charge in [0.1, 0.15) is 11.2 Å². The van der Waals surface area contributed by atoms with Crippen molar-refractivity contribution in [3.63, 3.8) is 0 Å². The Morgan fingerprint density at radius 2 is 0.862 bits per heavy atom. The first-order valence-corrected chi connectivity index (χ1v) is 19.8. The first kappa shape index (κ1) is 33.6. The number of anilines is 3. The Hall–Kier alpha value is -7.68. The topological polar surface area (TPSA) is 16.4 Å². The Morgan fingerprint density at radius 3 is 1.62 bits per heavy atom. The molecule has 10 aromatic carbocycles. The van der Waals surface area contributed by atoms with Crippen molar-refractivity contribution in [2.75, 3.05) is 4.90 Å². The number of hydrogen-bond acceptors (Lipinski definition) is 2. The second-order valence-electron chi connectivity index (χ2n) is 14.9. The molecule has 11 rings (SSSR count). The lowest BCUT2D eigenvalue weighted by molar-refractivity contribution is 0.670. The first-order valence-electron chi connectivity index (χ1n) is 19.8. The molecule has 1 aromatic heterocycles. The van der Waals surface area contributed by atoms with Gasteiger partial charge >= 0.3 is 0 Å². The monoisotopic (exact) mass is 739 g/mol. The smallest absolute Gasteiger partial charge is 0.145 e. The summed E-state index contributed by atoms with van der Waals surface area (Å²) in [7, 11) is 0. The van der Waals surface area contributed by atoms with E-state index in [0.29, 0.717) is 0 Å². The number of benzene rings is 10. The lowest BCUT2D eigenvalue weighted by atomic mass is 9.95. The van der Waals surface area contributed by atoms with Crippen LogP contribution in [0.1, 0.15) is 0 Å². The van der Waals surface area contributed by atoms with E-state index in [1.165, 1.54) is 43.8 Å². The van der Waals surface area contributed by atoms with Crippen molar-refractivity contribution in [2.24, 2.45) is 0 Å². The molecule has 11 aromatic rings. The van der Waals surface area contributed by atoms with Crippen LogP contribution in [0.25, 0.3) is 88.0 Å². The largest absolute Gasteiger partial charge is 0.455 e. The first-order chi connectivity index (χ1) is 28.8. The van der Waals surface area contributed by atoms with Crippen molar-refractivity contribution in [1.82, 2.24) is 0 Å². The van der Waals surface area contributed by atoms with Gasteiger partial charge in [0, 0.05) is 22.3 Å². The molecule has 0 saturated carbocycles. The van der Waals surface area contributed by atoms with Crippen LogP contribution in [0.4, 0.5) is 17.1 Å². The Kier molecular flexibility index (Phi) is 8.19. The molecule has 0 fully saturated rings. The van der Waals surface area contributed by atoms with Crippen molar-refractivity contribution in [3.8, 4) is 44.5 Å². The van der Waals surface area contributed by atoms with Gasteiger partial charge < -0.3 is 9.32 Å². The van der Waals surface area contributed by atoms with E-state index < -0.39 is 0 Å². The van der Waals surface area contributed by atoms with Crippen molar-refractivity contribution >= 4 is 60.5 Å². The molecule has 0 radical (unpaired) electrons. The van der Waals surface area contributed by atoms with Gasteiger partial charge in [-0.2, -0.15) is 0 Å². The highest BCUT2D eigenvalue weighted by Crippen LogP contribution is 2.48. The molecule has 58 heavy (non-hydrogen) atoms. The molecular weight excluding hydrogens is 703 g/mol. The highest BCUT2D eigenvalue weighted by atomic mass is 16.3. The summed E-state index contributed by atoms with van der Waals surface area (Å²) >= 11 is 0. The average Bonchev–Trinajstić information content (AvgIpc) is 3.70. The minimum Gasteiger partial charge on any atom is -0.455 e. The number of para-hydroxylation sites is 1. The fourth-order valence-corrected chi connectivity index (χ4v) is 8.70. The Bertz CT molecular complexity index is 3270. The van der Waals surface area contributed by atoms with Crippen LogP contribution < -0.4 is 4.90 Å². The summed E-state index contributed by atoms with van der Waals surface area (Å²) in [6.45, 7) is 0. The molecule has 0 unspecified atom stereocenters. The highest BCUT2D eigenvalue weighted by Gasteiger charge is 2.23. The molecule has 2 heteroatoms. The van der Waals surface area contributed by atoms with Crippen molar-refractivity contribution < 1.29 is 4.42 Å². The fourth-order valence-electron chi connectivity index (χ4n) is 8.70. The van der Waals surface area contributed by atoms with Gasteiger partial charge in [-0.05, 0) is 109 Å². The van der Waals surface area contributed by atoms with Gasteiger partial charge in [0.15, 0.2) is 0 Å². The van der Waals surface area contributed by atoms with E-state index in [-0.39, 0.29) is 0 Å². The van der Waals surface area contributed by atoms with E-state index in [1.54, 1.807) is 0 Å². The molecule has 1 heterocycles. The fraction of sp³-hybridized carbons (Fsp3) is 0. The maximum atomic E-state index is 6.89. The number of furan rings is 1. The average molecular weight is 740 g/mol. The van der Waals surface area contributed by atoms with Crippen LogP contribution >= 0.6 is 0 Å². The van der Waals surface area contributed by atoms with E-state index in [0.717, 1.165) is 61.3 Å². The third-order valence-corrected chi connectivity index (χ3v) is 11.5. The van der Waals surface area contributed by atoms with Crippen molar-refractivity contribution in [2.45, 2.75) is 0 Å². The molecule has 0 bridgehead atoms. The summed E-state index contributed by atoms with van der Waals surface area (Å²) in [6.07, 6.45) is 0. The summed E-state index contributed by atoms with van der Waals surface area (Å²) in [5.74, 6) is 0. The molecule has 0 aliphatic rings. The van der Waals surface area contributed by atoms with Crippen LogP contribution in [-0.4, -0.2) is 0 Å². The summed E-state index contributed by atoms with van der Waals surface area (Å²) < 4.78 is 6.89. The molecule has 2 nitrogen and oxygen atoms in total. The highest BCUT2D eigenvalue weighted by molar-refractivity contribution is 6.18. The third-order valence-electron chi connectivity index (χ3n) is 11.5. The summed E-state index contributed by atoms with van der Waals surface area (Å²) in [4.78, 5) is 2.40. The quantitative estimate of drug-likeness (QED) is 0.162. The van der Waals surface area contributed by atoms with Gasteiger partial charge in [-0.1, -0.05) is 176 Å². The molecule has 0 aliphatic heterocycles. The molecule has 0 saturated heterocycles. The molecule has 0 spiro atoms. The van der Waals surface area contributed by atoms with E-state index >= 15 is 0 Å². The van der Waals surface area contributed by atoms with Gasteiger partial charge in [0.2, 0.25) is 0 Å². The molecule has 0 N–H and O–H groups in total. The number of nitrogens with zero attached hydrogens (tertiary/aromatic N) is 1. The summed E-state index contributed by atoms with van der Waals surface area (Å²) in [6, 6.07) is 80.6. The van der Waals surface area contributed by atoms with Gasteiger partial charge in [0.05, 0.1) is 11.1 Å². The zero-order valence-corrected chi connectivity index (χ0v) is 31.7. The van der Waals surface area contributed by atoms with E-state index in [4.69, 9.17) is 4.42 Å². The minimum atomic E-state index is 0.865. The number of fused-ring (bicyclic) bond motifs is 5. The molecule has 0 atom stereocenters. The van der Waals surface area contributed by atoms with Gasteiger partial charge in [-0.25, -0.2) is 0 Å². The molecule has 0 amide bonds. The molecular formula is C56H37NO. The van der Waals surface area contributed by atoms with Crippen LogP contribution in [0, 0.1) is 0 Å². The Balaban J connectivity index is 1.12.